The van der Waals surface area contributed by atoms with Gasteiger partial charge in [-0.1, -0.05) is 60.6 Å². The number of carbonyl (C=O) groups is 3. The molecule has 2 N–H and O–H groups in total. The molecule has 35 heavy (non-hydrogen) atoms. The summed E-state index contributed by atoms with van der Waals surface area (Å²) < 4.78 is 0. The Labute approximate surface area is 210 Å². The molecule has 7 atom stereocenters. The van der Waals surface area contributed by atoms with Crippen molar-refractivity contribution in [3.63, 3.8) is 0 Å². The van der Waals surface area contributed by atoms with Crippen LogP contribution in [0.5, 0.6) is 0 Å². The van der Waals surface area contributed by atoms with Crippen LogP contribution in [0.4, 0.5) is 0 Å². The fourth-order valence-corrected chi connectivity index (χ4v) is 8.68. The van der Waals surface area contributed by atoms with E-state index in [9.17, 15) is 24.6 Å². The van der Waals surface area contributed by atoms with Gasteiger partial charge >= 0.3 is 5.97 Å². The van der Waals surface area contributed by atoms with Gasteiger partial charge in [0.25, 0.3) is 0 Å². The molecule has 0 radical (unpaired) electrons. The number of Topliss-reactive ketones (excluding diaryl/α,β-unsaturated/α-hetero) is 2. The number of allylic oxidation sites excluding steroid dienone is 4. The van der Waals surface area contributed by atoms with Crippen LogP contribution in [0.3, 0.4) is 0 Å². The highest BCUT2D eigenvalue weighted by Gasteiger charge is 2.66. The molecule has 0 aromatic rings. The number of carboxylic acid groups (broad SMARTS) is 1. The lowest BCUT2D eigenvalue weighted by molar-refractivity contribution is -0.148. The molecule has 0 amide bonds. The highest BCUT2D eigenvalue weighted by atomic mass is 16.4. The first-order valence-electron chi connectivity index (χ1n) is 13.5. The van der Waals surface area contributed by atoms with E-state index in [4.69, 9.17) is 0 Å². The quantitative estimate of drug-likeness (QED) is 0.500. The Hall–Kier alpha value is -1.75. The molecule has 2 fully saturated rings. The van der Waals surface area contributed by atoms with Crippen LogP contribution in [0.1, 0.15) is 93.4 Å². The van der Waals surface area contributed by atoms with Gasteiger partial charge in [-0.25, -0.2) is 0 Å². The zero-order valence-corrected chi connectivity index (χ0v) is 22.6. The van der Waals surface area contributed by atoms with Crippen LogP contribution in [0, 0.1) is 45.3 Å². The molecule has 0 unspecified atom stereocenters. The van der Waals surface area contributed by atoms with Crippen molar-refractivity contribution in [2.45, 2.75) is 99.5 Å². The highest BCUT2D eigenvalue weighted by molar-refractivity contribution is 5.86. The lowest BCUT2D eigenvalue weighted by Gasteiger charge is -2.59. The molecule has 194 valence electrons. The summed E-state index contributed by atoms with van der Waals surface area (Å²) in [5.74, 6) is -1.54. The molecular weight excluding hydrogens is 440 g/mol. The number of aliphatic carboxylic acids is 1. The number of ketones is 2. The molecule has 4 aliphatic rings. The largest absolute Gasteiger partial charge is 0.481 e. The summed E-state index contributed by atoms with van der Waals surface area (Å²) in [7, 11) is 0. The number of carbonyl (C=O) groups excluding carboxylic acids is 2. The second kappa shape index (κ2) is 8.39. The van der Waals surface area contributed by atoms with E-state index in [1.807, 2.05) is 13.8 Å². The van der Waals surface area contributed by atoms with Crippen LogP contribution in [-0.4, -0.2) is 33.9 Å². The standard InChI is InChI=1S/C30H44O5/c1-17(2)21(31)10-8-18(26(34)35)25-22(32)16-30(7)20-9-11-23-27(3,4)24(33)13-14-28(23,5)19(20)12-15-29(25,30)6/h9,12,17-18,22-23,25,32H,8,10-11,13-16H2,1-7H3,(H,34,35)/t18-,22+,23+,25+,28-,29-,30+/m1/s1. The van der Waals surface area contributed by atoms with Gasteiger partial charge in [-0.15, -0.1) is 0 Å². The van der Waals surface area contributed by atoms with Crippen LogP contribution in [0.2, 0.25) is 0 Å². The lowest BCUT2D eigenvalue weighted by Crippen LogP contribution is -2.53. The van der Waals surface area contributed by atoms with Crippen molar-refractivity contribution in [2.75, 3.05) is 0 Å². The van der Waals surface area contributed by atoms with Gasteiger partial charge in [0, 0.05) is 35.5 Å². The summed E-state index contributed by atoms with van der Waals surface area (Å²) in [6, 6.07) is 0. The van der Waals surface area contributed by atoms with E-state index < -0.39 is 29.3 Å². The van der Waals surface area contributed by atoms with E-state index in [0.717, 1.165) is 12.8 Å². The van der Waals surface area contributed by atoms with E-state index in [1.54, 1.807) is 0 Å². The van der Waals surface area contributed by atoms with Gasteiger partial charge in [-0.2, -0.15) is 0 Å². The maximum atomic E-state index is 12.8. The number of hydrogen-bond donors (Lipinski definition) is 2. The van der Waals surface area contributed by atoms with Crippen LogP contribution in [-0.2, 0) is 14.4 Å². The third kappa shape index (κ3) is 3.62. The molecule has 0 aliphatic heterocycles. The Morgan fingerprint density at radius 1 is 1.09 bits per heavy atom. The number of fused-ring (bicyclic) bond motifs is 5. The fourth-order valence-electron chi connectivity index (χ4n) is 8.68. The van der Waals surface area contributed by atoms with E-state index in [2.05, 4.69) is 46.8 Å². The van der Waals surface area contributed by atoms with Crippen molar-refractivity contribution in [1.29, 1.82) is 0 Å². The van der Waals surface area contributed by atoms with E-state index >= 15 is 0 Å². The molecule has 0 aromatic carbocycles. The molecule has 0 bridgehead atoms. The number of aliphatic hydroxyl groups is 1. The third-order valence-corrected chi connectivity index (χ3v) is 11.1. The van der Waals surface area contributed by atoms with Gasteiger partial charge < -0.3 is 10.2 Å². The summed E-state index contributed by atoms with van der Waals surface area (Å²) in [5, 5.41) is 21.6. The van der Waals surface area contributed by atoms with Crippen LogP contribution >= 0.6 is 0 Å². The molecule has 2 saturated carbocycles. The van der Waals surface area contributed by atoms with E-state index in [0.29, 0.717) is 25.0 Å². The maximum absolute atomic E-state index is 12.8. The zero-order valence-electron chi connectivity index (χ0n) is 22.6. The molecule has 0 spiro atoms. The molecule has 4 aliphatic carbocycles. The van der Waals surface area contributed by atoms with Crippen molar-refractivity contribution in [3.8, 4) is 0 Å². The van der Waals surface area contributed by atoms with Crippen molar-refractivity contribution in [3.05, 3.63) is 23.3 Å². The first kappa shape index (κ1) is 26.3. The number of hydrogen-bond acceptors (Lipinski definition) is 4. The monoisotopic (exact) mass is 484 g/mol. The van der Waals surface area contributed by atoms with Crippen molar-refractivity contribution < 1.29 is 24.6 Å². The molecule has 0 saturated heterocycles. The zero-order chi connectivity index (χ0) is 26.1. The predicted octanol–water partition coefficient (Wildman–Crippen LogP) is 5.76. The topological polar surface area (TPSA) is 91.7 Å². The summed E-state index contributed by atoms with van der Waals surface area (Å²) in [6.45, 7) is 14.6. The van der Waals surface area contributed by atoms with Gasteiger partial charge in [-0.3, -0.25) is 14.4 Å². The Morgan fingerprint density at radius 3 is 2.34 bits per heavy atom. The minimum Gasteiger partial charge on any atom is -0.481 e. The molecule has 4 rings (SSSR count). The summed E-state index contributed by atoms with van der Waals surface area (Å²) in [4.78, 5) is 37.6. The Morgan fingerprint density at radius 2 is 1.74 bits per heavy atom. The second-order valence-electron chi connectivity index (χ2n) is 13.4. The van der Waals surface area contributed by atoms with E-state index in [1.165, 1.54) is 11.1 Å². The SMILES string of the molecule is CC(C)C(=O)CC[C@@H](C(=O)O)[C@H]1[C@@H](O)C[C@@]2(C)C3=CC[C@H]4C(C)(C)C(=O)CC[C@]4(C)C3=CC[C@]12C. The van der Waals surface area contributed by atoms with Crippen molar-refractivity contribution >= 4 is 17.5 Å². The van der Waals surface area contributed by atoms with Gasteiger partial charge in [0.2, 0.25) is 0 Å². The van der Waals surface area contributed by atoms with Crippen molar-refractivity contribution in [2.24, 2.45) is 45.3 Å². The van der Waals surface area contributed by atoms with E-state index in [-0.39, 0.29) is 46.7 Å². The molecule has 5 nitrogen and oxygen atoms in total. The van der Waals surface area contributed by atoms with Gasteiger partial charge in [0.05, 0.1) is 12.0 Å². The predicted molar refractivity (Wildman–Crippen MR) is 136 cm³/mol. The van der Waals surface area contributed by atoms with Crippen LogP contribution in [0.25, 0.3) is 0 Å². The molecule has 0 aromatic heterocycles. The summed E-state index contributed by atoms with van der Waals surface area (Å²) in [6.07, 6.45) is 7.90. The molecule has 5 heteroatoms. The fraction of sp³-hybridized carbons (Fsp3) is 0.767. The van der Waals surface area contributed by atoms with Gasteiger partial charge in [0.1, 0.15) is 11.6 Å². The Balaban J connectivity index is 1.73. The minimum absolute atomic E-state index is 0.0749. The second-order valence-corrected chi connectivity index (χ2v) is 13.4. The first-order chi connectivity index (χ1) is 16.1. The normalized spacial score (nSPS) is 40.8. The molecule has 0 heterocycles. The van der Waals surface area contributed by atoms with Gasteiger partial charge in [0.15, 0.2) is 0 Å². The number of carboxylic acids is 1. The third-order valence-electron chi connectivity index (χ3n) is 11.1. The minimum atomic E-state index is -0.914. The smallest absolute Gasteiger partial charge is 0.306 e. The number of rotatable bonds is 6. The Bertz CT molecular complexity index is 1000. The number of aliphatic hydroxyl groups excluding tert-OH is 1. The van der Waals surface area contributed by atoms with Crippen LogP contribution < -0.4 is 0 Å². The molecular formula is C30H44O5. The first-order valence-corrected chi connectivity index (χ1v) is 13.5. The maximum Gasteiger partial charge on any atom is 0.306 e. The average molecular weight is 485 g/mol. The van der Waals surface area contributed by atoms with Gasteiger partial charge in [-0.05, 0) is 60.0 Å². The lowest BCUT2D eigenvalue weighted by atomic mass is 9.44. The highest BCUT2D eigenvalue weighted by Crippen LogP contribution is 2.71. The average Bonchev–Trinajstić information content (AvgIpc) is 2.97. The summed E-state index contributed by atoms with van der Waals surface area (Å²) >= 11 is 0. The van der Waals surface area contributed by atoms with Crippen LogP contribution in [0.15, 0.2) is 23.3 Å². The Kier molecular flexibility index (Phi) is 6.31. The van der Waals surface area contributed by atoms with Crippen molar-refractivity contribution in [1.82, 2.24) is 0 Å². The summed E-state index contributed by atoms with van der Waals surface area (Å²) in [5.41, 5.74) is 1.35.